The van der Waals surface area contributed by atoms with Crippen LogP contribution in [0.15, 0.2) is 33.4 Å². The number of carbonyl (C=O) groups excluding carboxylic acids is 1. The predicted octanol–water partition coefficient (Wildman–Crippen LogP) is 1.62. The van der Waals surface area contributed by atoms with Gasteiger partial charge in [0.1, 0.15) is 6.04 Å². The van der Waals surface area contributed by atoms with Gasteiger partial charge in [-0.05, 0) is 25.0 Å². The number of nitrogens with zero attached hydrogens (tertiary/aromatic N) is 2. The van der Waals surface area contributed by atoms with Crippen LogP contribution in [0.3, 0.4) is 0 Å². The van der Waals surface area contributed by atoms with Gasteiger partial charge in [0.05, 0.1) is 6.26 Å². The number of carbonyl (C=O) groups is 2. The molecule has 7 nitrogen and oxygen atoms in total. The second-order valence-corrected chi connectivity index (χ2v) is 4.55. The minimum Gasteiger partial charge on any atom is -0.480 e. The molecule has 1 amide bonds. The summed E-state index contributed by atoms with van der Waals surface area (Å²) in [5.74, 6) is -0.626. The molecule has 0 saturated carbocycles. The summed E-state index contributed by atoms with van der Waals surface area (Å²) >= 11 is 0. The molecule has 0 unspecified atom stereocenters. The Labute approximate surface area is 113 Å². The van der Waals surface area contributed by atoms with Crippen LogP contribution < -0.4 is 0 Å². The number of amides is 1. The smallest absolute Gasteiger partial charge is 0.326 e. The Balaban J connectivity index is 1.83. The Hall–Kier alpha value is -2.57. The van der Waals surface area contributed by atoms with Gasteiger partial charge in [-0.1, -0.05) is 5.16 Å². The Morgan fingerprint density at radius 2 is 2.25 bits per heavy atom. The van der Waals surface area contributed by atoms with Crippen molar-refractivity contribution in [3.8, 4) is 11.5 Å². The van der Waals surface area contributed by atoms with Gasteiger partial charge in [-0.15, -0.1) is 0 Å². The van der Waals surface area contributed by atoms with E-state index in [-0.39, 0.29) is 5.69 Å². The summed E-state index contributed by atoms with van der Waals surface area (Å²) in [6, 6.07) is 4.05. The van der Waals surface area contributed by atoms with Crippen LogP contribution in [0.1, 0.15) is 23.3 Å². The largest absolute Gasteiger partial charge is 0.480 e. The third-order valence-electron chi connectivity index (χ3n) is 3.29. The van der Waals surface area contributed by atoms with Crippen molar-refractivity contribution < 1.29 is 23.6 Å². The van der Waals surface area contributed by atoms with Gasteiger partial charge in [-0.3, -0.25) is 4.79 Å². The molecule has 104 valence electrons. The molecule has 7 heteroatoms. The van der Waals surface area contributed by atoms with Gasteiger partial charge in [0, 0.05) is 12.6 Å². The number of furan rings is 1. The number of carboxylic acids is 1. The van der Waals surface area contributed by atoms with Crippen molar-refractivity contribution in [2.75, 3.05) is 6.54 Å². The molecule has 2 aromatic rings. The summed E-state index contributed by atoms with van der Waals surface area (Å²) in [7, 11) is 0. The van der Waals surface area contributed by atoms with Gasteiger partial charge in [0.2, 0.25) is 5.76 Å². The fourth-order valence-corrected chi connectivity index (χ4v) is 2.32. The third-order valence-corrected chi connectivity index (χ3v) is 3.29. The Morgan fingerprint density at radius 1 is 1.40 bits per heavy atom. The average Bonchev–Trinajstić information content (AvgIpc) is 3.17. The Morgan fingerprint density at radius 3 is 2.95 bits per heavy atom. The van der Waals surface area contributed by atoms with Crippen LogP contribution in [0.4, 0.5) is 0 Å². The van der Waals surface area contributed by atoms with Crippen molar-refractivity contribution in [3.63, 3.8) is 0 Å². The van der Waals surface area contributed by atoms with Gasteiger partial charge in [-0.25, -0.2) is 4.79 Å². The van der Waals surface area contributed by atoms with E-state index in [2.05, 4.69) is 5.16 Å². The molecule has 3 heterocycles. The van der Waals surface area contributed by atoms with E-state index in [9.17, 15) is 9.59 Å². The maximum Gasteiger partial charge on any atom is 0.326 e. The van der Waals surface area contributed by atoms with Gasteiger partial charge in [-0.2, -0.15) is 0 Å². The molecule has 1 N–H and O–H groups in total. The molecule has 1 atom stereocenters. The summed E-state index contributed by atoms with van der Waals surface area (Å²) < 4.78 is 10.2. The fraction of sp³-hybridized carbons (Fsp3) is 0.308. The number of carboxylic acid groups (broad SMARTS) is 1. The Kier molecular flexibility index (Phi) is 3.02. The van der Waals surface area contributed by atoms with Crippen molar-refractivity contribution in [1.82, 2.24) is 10.1 Å². The van der Waals surface area contributed by atoms with Gasteiger partial charge in [0.15, 0.2) is 11.5 Å². The molecule has 1 fully saturated rings. The van der Waals surface area contributed by atoms with Crippen molar-refractivity contribution >= 4 is 11.9 Å². The van der Waals surface area contributed by atoms with Crippen LogP contribution in [0.2, 0.25) is 0 Å². The number of aromatic nitrogens is 1. The maximum atomic E-state index is 12.3. The Bertz CT molecular complexity index is 631. The molecule has 1 aliphatic rings. The van der Waals surface area contributed by atoms with Gasteiger partial charge < -0.3 is 18.9 Å². The first-order chi connectivity index (χ1) is 9.66. The number of likely N-dealkylation sites (tertiary alicyclic amines) is 1. The quantitative estimate of drug-likeness (QED) is 0.915. The lowest BCUT2D eigenvalue weighted by molar-refractivity contribution is -0.141. The first-order valence-corrected chi connectivity index (χ1v) is 6.21. The summed E-state index contributed by atoms with van der Waals surface area (Å²) in [4.78, 5) is 24.7. The lowest BCUT2D eigenvalue weighted by Crippen LogP contribution is -2.40. The molecule has 0 aliphatic carbocycles. The topological polar surface area (TPSA) is 96.8 Å². The number of hydrogen-bond donors (Lipinski definition) is 1. The normalized spacial score (nSPS) is 18.4. The molecule has 20 heavy (non-hydrogen) atoms. The molecule has 2 aromatic heterocycles. The molecule has 1 saturated heterocycles. The van der Waals surface area contributed by atoms with E-state index in [1.807, 2.05) is 0 Å². The SMILES string of the molecule is O=C(O)[C@H]1CCCN1C(=O)c1cc(-c2ccco2)on1. The molecule has 0 aromatic carbocycles. The summed E-state index contributed by atoms with van der Waals surface area (Å²) in [5, 5.41) is 12.8. The number of aliphatic carboxylic acids is 1. The minimum absolute atomic E-state index is 0.0875. The average molecular weight is 276 g/mol. The molecule has 0 spiro atoms. The summed E-state index contributed by atoms with van der Waals surface area (Å²) in [6.07, 6.45) is 2.62. The minimum atomic E-state index is -0.995. The first kappa shape index (κ1) is 12.5. The monoisotopic (exact) mass is 276 g/mol. The zero-order chi connectivity index (χ0) is 14.1. The molecule has 1 aliphatic heterocycles. The van der Waals surface area contributed by atoms with E-state index in [0.717, 1.165) is 0 Å². The molecular formula is C13H12N2O5. The predicted molar refractivity (Wildman–Crippen MR) is 65.9 cm³/mol. The van der Waals surface area contributed by atoms with Crippen LogP contribution in [0.25, 0.3) is 11.5 Å². The number of hydrogen-bond acceptors (Lipinski definition) is 5. The highest BCUT2D eigenvalue weighted by atomic mass is 16.5. The molecule has 3 rings (SSSR count). The van der Waals surface area contributed by atoms with E-state index in [4.69, 9.17) is 14.0 Å². The molecule has 0 radical (unpaired) electrons. The van der Waals surface area contributed by atoms with Crippen molar-refractivity contribution in [1.29, 1.82) is 0 Å². The highest BCUT2D eigenvalue weighted by molar-refractivity contribution is 5.95. The van der Waals surface area contributed by atoms with E-state index in [0.29, 0.717) is 30.9 Å². The highest BCUT2D eigenvalue weighted by Crippen LogP contribution is 2.24. The lowest BCUT2D eigenvalue weighted by Gasteiger charge is -2.19. The van der Waals surface area contributed by atoms with Crippen LogP contribution in [-0.4, -0.2) is 39.6 Å². The maximum absolute atomic E-state index is 12.3. The van der Waals surface area contributed by atoms with E-state index >= 15 is 0 Å². The van der Waals surface area contributed by atoms with Gasteiger partial charge >= 0.3 is 5.97 Å². The van der Waals surface area contributed by atoms with Crippen molar-refractivity contribution in [2.24, 2.45) is 0 Å². The van der Waals surface area contributed by atoms with E-state index in [1.54, 1.807) is 12.1 Å². The van der Waals surface area contributed by atoms with Crippen molar-refractivity contribution in [3.05, 3.63) is 30.2 Å². The first-order valence-electron chi connectivity index (χ1n) is 6.21. The fourth-order valence-electron chi connectivity index (χ4n) is 2.32. The molecular weight excluding hydrogens is 264 g/mol. The third kappa shape index (κ3) is 2.07. The lowest BCUT2D eigenvalue weighted by atomic mass is 10.2. The highest BCUT2D eigenvalue weighted by Gasteiger charge is 2.35. The van der Waals surface area contributed by atoms with Crippen LogP contribution in [-0.2, 0) is 4.79 Å². The van der Waals surface area contributed by atoms with Gasteiger partial charge in [0.25, 0.3) is 5.91 Å². The second-order valence-electron chi connectivity index (χ2n) is 4.55. The van der Waals surface area contributed by atoms with Crippen LogP contribution >= 0.6 is 0 Å². The van der Waals surface area contributed by atoms with Crippen LogP contribution in [0.5, 0.6) is 0 Å². The summed E-state index contributed by atoms with van der Waals surface area (Å²) in [6.45, 7) is 0.415. The van der Waals surface area contributed by atoms with E-state index < -0.39 is 17.9 Å². The zero-order valence-electron chi connectivity index (χ0n) is 10.5. The van der Waals surface area contributed by atoms with E-state index in [1.165, 1.54) is 17.2 Å². The zero-order valence-corrected chi connectivity index (χ0v) is 10.5. The standard InChI is InChI=1S/C13H12N2O5/c16-12(15-5-1-3-9(15)13(17)18)8-7-11(20-14-8)10-4-2-6-19-10/h2,4,6-7,9H,1,3,5H2,(H,17,18)/t9-/m1/s1. The number of rotatable bonds is 3. The van der Waals surface area contributed by atoms with Crippen molar-refractivity contribution in [2.45, 2.75) is 18.9 Å². The summed E-state index contributed by atoms with van der Waals surface area (Å²) in [5.41, 5.74) is 0.0875. The molecule has 0 bridgehead atoms. The van der Waals surface area contributed by atoms with Crippen LogP contribution in [0, 0.1) is 0 Å². The second kappa shape index (κ2) is 4.84.